The van der Waals surface area contributed by atoms with Crippen molar-refractivity contribution in [2.75, 3.05) is 31.8 Å². The SMILES string of the molecule is COCC(CO)NC(=O)CC1CCSCC1. The molecule has 0 saturated carbocycles. The Hall–Kier alpha value is -0.260. The van der Waals surface area contributed by atoms with Crippen LogP contribution >= 0.6 is 11.8 Å². The van der Waals surface area contributed by atoms with Gasteiger partial charge < -0.3 is 15.2 Å². The average Bonchev–Trinajstić information content (AvgIpc) is 2.29. The summed E-state index contributed by atoms with van der Waals surface area (Å²) in [6.07, 6.45) is 2.85. The maximum atomic E-state index is 11.7. The normalized spacial score (nSPS) is 19.4. The summed E-state index contributed by atoms with van der Waals surface area (Å²) in [5, 5.41) is 11.8. The van der Waals surface area contributed by atoms with Gasteiger partial charge in [-0.25, -0.2) is 0 Å². The van der Waals surface area contributed by atoms with Gasteiger partial charge in [0.1, 0.15) is 0 Å². The number of ether oxygens (including phenoxy) is 1. The third-order valence-electron chi connectivity index (χ3n) is 2.77. The van der Waals surface area contributed by atoms with E-state index in [0.29, 0.717) is 18.9 Å². The second-order valence-electron chi connectivity index (χ2n) is 4.16. The van der Waals surface area contributed by atoms with Crippen LogP contribution in [0.15, 0.2) is 0 Å². The van der Waals surface area contributed by atoms with Crippen LogP contribution in [0.1, 0.15) is 19.3 Å². The van der Waals surface area contributed by atoms with Crippen LogP contribution in [0.4, 0.5) is 0 Å². The van der Waals surface area contributed by atoms with Crippen LogP contribution in [0, 0.1) is 5.92 Å². The molecular weight excluding hydrogens is 226 g/mol. The lowest BCUT2D eigenvalue weighted by Gasteiger charge is -2.22. The third-order valence-corrected chi connectivity index (χ3v) is 3.82. The van der Waals surface area contributed by atoms with Gasteiger partial charge in [-0.3, -0.25) is 4.79 Å². The van der Waals surface area contributed by atoms with Gasteiger partial charge in [0.05, 0.1) is 19.3 Å². The molecule has 1 fully saturated rings. The summed E-state index contributed by atoms with van der Waals surface area (Å²) < 4.78 is 4.91. The summed E-state index contributed by atoms with van der Waals surface area (Å²) in [4.78, 5) is 11.7. The highest BCUT2D eigenvalue weighted by Crippen LogP contribution is 2.25. The Kier molecular flexibility index (Phi) is 6.84. The highest BCUT2D eigenvalue weighted by molar-refractivity contribution is 7.99. The topological polar surface area (TPSA) is 58.6 Å². The minimum atomic E-state index is -0.268. The molecule has 0 aromatic carbocycles. The number of carbonyl (C=O) groups is 1. The molecule has 1 aliphatic heterocycles. The molecule has 0 spiro atoms. The number of thioether (sulfide) groups is 1. The molecule has 0 aliphatic carbocycles. The molecule has 1 unspecified atom stereocenters. The van der Waals surface area contributed by atoms with Crippen LogP contribution < -0.4 is 5.32 Å². The van der Waals surface area contributed by atoms with E-state index in [9.17, 15) is 4.79 Å². The van der Waals surface area contributed by atoms with E-state index in [2.05, 4.69) is 5.32 Å². The lowest BCUT2D eigenvalue weighted by molar-refractivity contribution is -0.123. The number of hydrogen-bond acceptors (Lipinski definition) is 4. The fourth-order valence-electron chi connectivity index (χ4n) is 1.84. The van der Waals surface area contributed by atoms with Gasteiger partial charge in [0.2, 0.25) is 5.91 Å². The van der Waals surface area contributed by atoms with E-state index >= 15 is 0 Å². The van der Waals surface area contributed by atoms with E-state index in [1.54, 1.807) is 7.11 Å². The van der Waals surface area contributed by atoms with Gasteiger partial charge in [-0.05, 0) is 30.3 Å². The highest BCUT2D eigenvalue weighted by atomic mass is 32.2. The third kappa shape index (κ3) is 5.18. The molecule has 1 heterocycles. The van der Waals surface area contributed by atoms with E-state index in [0.717, 1.165) is 12.8 Å². The molecule has 0 bridgehead atoms. The molecule has 0 radical (unpaired) electrons. The predicted molar refractivity (Wildman–Crippen MR) is 65.6 cm³/mol. The fraction of sp³-hybridized carbons (Fsp3) is 0.909. The van der Waals surface area contributed by atoms with Gasteiger partial charge in [-0.2, -0.15) is 11.8 Å². The van der Waals surface area contributed by atoms with Crippen molar-refractivity contribution in [3.63, 3.8) is 0 Å². The quantitative estimate of drug-likeness (QED) is 0.723. The summed E-state index contributed by atoms with van der Waals surface area (Å²) in [6, 6.07) is -0.268. The summed E-state index contributed by atoms with van der Waals surface area (Å²) in [6.45, 7) is 0.295. The van der Waals surface area contributed by atoms with Crippen molar-refractivity contribution in [1.29, 1.82) is 0 Å². The Morgan fingerprint density at radius 1 is 1.56 bits per heavy atom. The number of carbonyl (C=O) groups excluding carboxylic acids is 1. The number of rotatable bonds is 6. The average molecular weight is 247 g/mol. The number of aliphatic hydroxyl groups is 1. The summed E-state index contributed by atoms with van der Waals surface area (Å²) in [7, 11) is 1.56. The predicted octanol–water partition coefficient (Wildman–Crippen LogP) is 0.643. The molecule has 2 N–H and O–H groups in total. The lowest BCUT2D eigenvalue weighted by Crippen LogP contribution is -2.41. The molecule has 1 rings (SSSR count). The summed E-state index contributed by atoms with van der Waals surface area (Å²) in [5.41, 5.74) is 0. The number of aliphatic hydroxyl groups excluding tert-OH is 1. The maximum absolute atomic E-state index is 11.7. The Balaban J connectivity index is 2.22. The van der Waals surface area contributed by atoms with Gasteiger partial charge in [0, 0.05) is 13.5 Å². The molecule has 1 saturated heterocycles. The van der Waals surface area contributed by atoms with E-state index in [-0.39, 0.29) is 18.6 Å². The first-order valence-electron chi connectivity index (χ1n) is 5.73. The first-order valence-corrected chi connectivity index (χ1v) is 6.88. The summed E-state index contributed by atoms with van der Waals surface area (Å²) >= 11 is 1.96. The second kappa shape index (κ2) is 7.92. The Labute approximate surface area is 101 Å². The van der Waals surface area contributed by atoms with Crippen molar-refractivity contribution in [2.24, 2.45) is 5.92 Å². The largest absolute Gasteiger partial charge is 0.394 e. The van der Waals surface area contributed by atoms with Crippen LogP contribution in [-0.4, -0.2) is 48.9 Å². The molecule has 16 heavy (non-hydrogen) atoms. The zero-order chi connectivity index (χ0) is 11.8. The van der Waals surface area contributed by atoms with E-state index in [4.69, 9.17) is 9.84 Å². The first kappa shape index (κ1) is 13.8. The summed E-state index contributed by atoms with van der Waals surface area (Å²) in [5.74, 6) is 2.88. The van der Waals surface area contributed by atoms with Crippen molar-refractivity contribution in [3.8, 4) is 0 Å². The Bertz CT molecular complexity index is 199. The van der Waals surface area contributed by atoms with E-state index in [1.165, 1.54) is 11.5 Å². The van der Waals surface area contributed by atoms with Crippen molar-refractivity contribution in [2.45, 2.75) is 25.3 Å². The minimum Gasteiger partial charge on any atom is -0.394 e. The molecule has 4 nitrogen and oxygen atoms in total. The molecule has 0 aromatic rings. The van der Waals surface area contributed by atoms with Crippen LogP contribution in [0.2, 0.25) is 0 Å². The van der Waals surface area contributed by atoms with Crippen LogP contribution in [0.3, 0.4) is 0 Å². The maximum Gasteiger partial charge on any atom is 0.220 e. The van der Waals surface area contributed by atoms with Gasteiger partial charge >= 0.3 is 0 Å². The monoisotopic (exact) mass is 247 g/mol. The van der Waals surface area contributed by atoms with Gasteiger partial charge in [-0.1, -0.05) is 0 Å². The first-order chi connectivity index (χ1) is 7.76. The number of hydrogen-bond donors (Lipinski definition) is 2. The van der Waals surface area contributed by atoms with Crippen molar-refractivity contribution in [3.05, 3.63) is 0 Å². The van der Waals surface area contributed by atoms with Crippen LogP contribution in [0.25, 0.3) is 0 Å². The minimum absolute atomic E-state index is 0.0352. The molecular formula is C11H21NO3S. The molecule has 0 aromatic heterocycles. The van der Waals surface area contributed by atoms with Crippen LogP contribution in [0.5, 0.6) is 0 Å². The molecule has 5 heteroatoms. The Morgan fingerprint density at radius 2 is 2.25 bits per heavy atom. The zero-order valence-corrected chi connectivity index (χ0v) is 10.6. The second-order valence-corrected chi connectivity index (χ2v) is 5.39. The number of amides is 1. The number of nitrogens with one attached hydrogen (secondary N) is 1. The van der Waals surface area contributed by atoms with Gasteiger partial charge in [0.25, 0.3) is 0 Å². The van der Waals surface area contributed by atoms with Crippen molar-refractivity contribution >= 4 is 17.7 Å². The lowest BCUT2D eigenvalue weighted by atomic mass is 9.98. The Morgan fingerprint density at radius 3 is 2.81 bits per heavy atom. The molecule has 1 amide bonds. The molecule has 1 atom stereocenters. The standard InChI is InChI=1S/C11H21NO3S/c1-15-8-10(7-13)12-11(14)6-9-2-4-16-5-3-9/h9-10,13H,2-8H2,1H3,(H,12,14). The van der Waals surface area contributed by atoms with E-state index < -0.39 is 0 Å². The van der Waals surface area contributed by atoms with E-state index in [1.807, 2.05) is 11.8 Å². The molecule has 1 aliphatic rings. The van der Waals surface area contributed by atoms with Crippen LogP contribution in [-0.2, 0) is 9.53 Å². The fourth-order valence-corrected chi connectivity index (χ4v) is 3.04. The zero-order valence-electron chi connectivity index (χ0n) is 9.78. The number of methoxy groups -OCH3 is 1. The molecule has 94 valence electrons. The van der Waals surface area contributed by atoms with Gasteiger partial charge in [0.15, 0.2) is 0 Å². The van der Waals surface area contributed by atoms with Crippen molar-refractivity contribution in [1.82, 2.24) is 5.32 Å². The van der Waals surface area contributed by atoms with Crippen molar-refractivity contribution < 1.29 is 14.6 Å². The van der Waals surface area contributed by atoms with Gasteiger partial charge in [-0.15, -0.1) is 0 Å². The highest BCUT2D eigenvalue weighted by Gasteiger charge is 2.19. The smallest absolute Gasteiger partial charge is 0.220 e.